The summed E-state index contributed by atoms with van der Waals surface area (Å²) in [6, 6.07) is -0.154. The van der Waals surface area contributed by atoms with Gasteiger partial charge in [0.25, 0.3) is 0 Å². The Morgan fingerprint density at radius 1 is 1.21 bits per heavy atom. The summed E-state index contributed by atoms with van der Waals surface area (Å²) >= 11 is 0. The maximum atomic E-state index is 11.0. The van der Waals surface area contributed by atoms with Gasteiger partial charge in [-0.15, -0.1) is 0 Å². The van der Waals surface area contributed by atoms with E-state index in [1.165, 1.54) is 19.3 Å². The summed E-state index contributed by atoms with van der Waals surface area (Å²) in [5.41, 5.74) is 0. The monoisotopic (exact) mass is 203 g/mol. The summed E-state index contributed by atoms with van der Waals surface area (Å²) in [6.45, 7) is 3.67. The first-order valence-corrected chi connectivity index (χ1v) is 5.14. The zero-order valence-electron chi connectivity index (χ0n) is 8.84. The van der Waals surface area contributed by atoms with Gasteiger partial charge >= 0.3 is 6.03 Å². The molecule has 0 atom stereocenters. The Kier molecular flexibility index (Phi) is 9.68. The van der Waals surface area contributed by atoms with Crippen molar-refractivity contribution >= 4 is 6.03 Å². The molecule has 0 aliphatic carbocycles. The van der Waals surface area contributed by atoms with Crippen molar-refractivity contribution in [3.63, 3.8) is 0 Å². The highest BCUT2D eigenvalue weighted by Crippen LogP contribution is 1.96. The number of amides is 2. The largest absolute Gasteiger partial charge is 0.338 e. The Bertz CT molecular complexity index is 142. The fourth-order valence-electron chi connectivity index (χ4n) is 1.04. The fourth-order valence-corrected chi connectivity index (χ4v) is 1.04. The van der Waals surface area contributed by atoms with Gasteiger partial charge in [-0.05, 0) is 6.42 Å². The van der Waals surface area contributed by atoms with E-state index < -0.39 is 0 Å². The van der Waals surface area contributed by atoms with Crippen LogP contribution in [0.1, 0.15) is 32.6 Å². The number of carbonyl (C=O) groups excluding carboxylic acids is 1. The second-order valence-corrected chi connectivity index (χ2v) is 3.11. The number of rotatable bonds is 8. The van der Waals surface area contributed by atoms with Gasteiger partial charge in [-0.3, -0.25) is 0 Å². The van der Waals surface area contributed by atoms with Crippen molar-refractivity contribution in [1.29, 1.82) is 0 Å². The minimum atomic E-state index is -0.154. The molecule has 0 rings (SSSR count). The molecule has 2 amide bonds. The van der Waals surface area contributed by atoms with Crippen LogP contribution in [0.15, 0.2) is 0 Å². The van der Waals surface area contributed by atoms with Crippen molar-refractivity contribution in [3.05, 3.63) is 0 Å². The summed E-state index contributed by atoms with van der Waals surface area (Å²) in [7, 11) is 0. The predicted molar refractivity (Wildman–Crippen MR) is 55.7 cm³/mol. The van der Waals surface area contributed by atoms with E-state index in [1.807, 2.05) is 0 Å². The molecule has 0 aromatic heterocycles. The van der Waals surface area contributed by atoms with Gasteiger partial charge in [-0.25, -0.2) is 10.7 Å². The third kappa shape index (κ3) is 9.28. The van der Waals surface area contributed by atoms with Crippen molar-refractivity contribution in [2.75, 3.05) is 19.7 Å². The minimum absolute atomic E-state index is 0.154. The molecule has 0 fully saturated rings. The van der Waals surface area contributed by atoms with Gasteiger partial charge in [0.05, 0.1) is 6.61 Å². The van der Waals surface area contributed by atoms with Gasteiger partial charge in [0.1, 0.15) is 0 Å². The highest BCUT2D eigenvalue weighted by molar-refractivity contribution is 5.73. The second kappa shape index (κ2) is 10.3. The van der Waals surface area contributed by atoms with Gasteiger partial charge in [0.2, 0.25) is 0 Å². The quantitative estimate of drug-likeness (QED) is 0.402. The number of hydrogen-bond acceptors (Lipinski definition) is 3. The summed E-state index contributed by atoms with van der Waals surface area (Å²) < 4.78 is 0. The molecule has 0 aromatic carbocycles. The maximum Gasteiger partial charge on any atom is 0.314 e. The average Bonchev–Trinajstić information content (AvgIpc) is 2.18. The standard InChI is InChI=1S/C9H21N3O2/c1-2-3-4-5-6-11-9(13)12-7-8-14-10/h2-8,10H2,1H3,(H2,11,12,13). The van der Waals surface area contributed by atoms with Crippen molar-refractivity contribution < 1.29 is 9.63 Å². The van der Waals surface area contributed by atoms with Gasteiger partial charge in [0.15, 0.2) is 0 Å². The van der Waals surface area contributed by atoms with E-state index in [9.17, 15) is 4.79 Å². The summed E-state index contributed by atoms with van der Waals surface area (Å²) in [5, 5.41) is 5.37. The molecule has 0 saturated heterocycles. The van der Waals surface area contributed by atoms with Crippen molar-refractivity contribution in [2.45, 2.75) is 32.6 Å². The van der Waals surface area contributed by atoms with Crippen LogP contribution in [0.5, 0.6) is 0 Å². The molecule has 5 nitrogen and oxygen atoms in total. The second-order valence-electron chi connectivity index (χ2n) is 3.11. The number of unbranched alkanes of at least 4 members (excludes halogenated alkanes) is 3. The number of nitrogens with two attached hydrogens (primary N) is 1. The Balaban J connectivity index is 3.10. The number of urea groups is 1. The Labute approximate surface area is 85.3 Å². The molecule has 0 aromatic rings. The number of carbonyl (C=O) groups is 1. The lowest BCUT2D eigenvalue weighted by molar-refractivity contribution is 0.140. The maximum absolute atomic E-state index is 11.0. The van der Waals surface area contributed by atoms with Crippen LogP contribution in [0.25, 0.3) is 0 Å². The van der Waals surface area contributed by atoms with Crippen LogP contribution in [0.2, 0.25) is 0 Å². The van der Waals surface area contributed by atoms with Crippen molar-refractivity contribution in [1.82, 2.24) is 10.6 Å². The molecule has 4 N–H and O–H groups in total. The molecular formula is C9H21N3O2. The van der Waals surface area contributed by atoms with Crippen LogP contribution in [0.4, 0.5) is 4.79 Å². The Morgan fingerprint density at radius 3 is 2.57 bits per heavy atom. The number of hydrogen-bond donors (Lipinski definition) is 3. The summed E-state index contributed by atoms with van der Waals surface area (Å²) in [4.78, 5) is 15.3. The van der Waals surface area contributed by atoms with Crippen LogP contribution >= 0.6 is 0 Å². The molecule has 0 bridgehead atoms. The van der Waals surface area contributed by atoms with Gasteiger partial charge in [0, 0.05) is 13.1 Å². The molecule has 0 saturated carbocycles. The molecule has 5 heteroatoms. The van der Waals surface area contributed by atoms with Crippen LogP contribution in [0.3, 0.4) is 0 Å². The van der Waals surface area contributed by atoms with Crippen LogP contribution in [0, 0.1) is 0 Å². The molecule has 0 heterocycles. The molecule has 0 aliphatic rings. The Hall–Kier alpha value is -0.810. The zero-order chi connectivity index (χ0) is 10.6. The third-order valence-electron chi connectivity index (χ3n) is 1.82. The predicted octanol–water partition coefficient (Wildman–Crippen LogP) is 0.756. The lowest BCUT2D eigenvalue weighted by Crippen LogP contribution is -2.38. The van der Waals surface area contributed by atoms with Crippen molar-refractivity contribution in [3.8, 4) is 0 Å². The highest BCUT2D eigenvalue weighted by Gasteiger charge is 1.97. The lowest BCUT2D eigenvalue weighted by atomic mass is 10.2. The first kappa shape index (κ1) is 13.2. The average molecular weight is 203 g/mol. The molecule has 14 heavy (non-hydrogen) atoms. The van der Waals surface area contributed by atoms with E-state index in [-0.39, 0.29) is 6.03 Å². The summed E-state index contributed by atoms with van der Waals surface area (Å²) in [6.07, 6.45) is 4.64. The zero-order valence-corrected chi connectivity index (χ0v) is 8.84. The molecule has 0 spiro atoms. The van der Waals surface area contributed by atoms with E-state index in [2.05, 4.69) is 22.4 Å². The first-order chi connectivity index (χ1) is 6.81. The van der Waals surface area contributed by atoms with Crippen LogP contribution in [-0.2, 0) is 4.84 Å². The van der Waals surface area contributed by atoms with Gasteiger partial charge in [-0.2, -0.15) is 0 Å². The first-order valence-electron chi connectivity index (χ1n) is 5.14. The smallest absolute Gasteiger partial charge is 0.314 e. The lowest BCUT2D eigenvalue weighted by Gasteiger charge is -2.06. The van der Waals surface area contributed by atoms with Gasteiger partial charge < -0.3 is 15.5 Å². The molecule has 0 aliphatic heterocycles. The minimum Gasteiger partial charge on any atom is -0.338 e. The SMILES string of the molecule is CCCCCCNC(=O)NCCON. The highest BCUT2D eigenvalue weighted by atomic mass is 16.6. The van der Waals surface area contributed by atoms with E-state index in [1.54, 1.807) is 0 Å². The molecular weight excluding hydrogens is 182 g/mol. The van der Waals surface area contributed by atoms with E-state index in [0.29, 0.717) is 13.2 Å². The van der Waals surface area contributed by atoms with E-state index in [4.69, 9.17) is 5.90 Å². The normalized spacial score (nSPS) is 9.86. The molecule has 0 radical (unpaired) electrons. The van der Waals surface area contributed by atoms with Crippen molar-refractivity contribution in [2.24, 2.45) is 5.90 Å². The van der Waals surface area contributed by atoms with Crippen LogP contribution in [-0.4, -0.2) is 25.7 Å². The van der Waals surface area contributed by atoms with Crippen LogP contribution < -0.4 is 16.5 Å². The van der Waals surface area contributed by atoms with Gasteiger partial charge in [-0.1, -0.05) is 26.2 Å². The number of nitrogens with one attached hydrogen (secondary N) is 2. The molecule has 0 unspecified atom stereocenters. The summed E-state index contributed by atoms with van der Waals surface area (Å²) in [5.74, 6) is 4.80. The van der Waals surface area contributed by atoms with E-state index in [0.717, 1.165) is 13.0 Å². The fraction of sp³-hybridized carbons (Fsp3) is 0.889. The van der Waals surface area contributed by atoms with E-state index >= 15 is 0 Å². The Morgan fingerprint density at radius 2 is 1.93 bits per heavy atom. The molecule has 84 valence electrons. The third-order valence-corrected chi connectivity index (χ3v) is 1.82. The topological polar surface area (TPSA) is 76.4 Å².